The molecule has 100 valence electrons. The fraction of sp³-hybridized carbons (Fsp3) is 0.214. The second-order valence-corrected chi connectivity index (χ2v) is 6.12. The average molecular weight is 312 g/mol. The minimum absolute atomic E-state index is 0.0404. The molecule has 0 radical (unpaired) electrons. The number of hydrogen-bond donors (Lipinski definition) is 1. The molecule has 0 saturated carbocycles. The van der Waals surface area contributed by atoms with Gasteiger partial charge < -0.3 is 5.32 Å². The first-order chi connectivity index (χ1) is 9.20. The zero-order chi connectivity index (χ0) is 13.7. The van der Waals surface area contributed by atoms with Gasteiger partial charge in [-0.15, -0.1) is 0 Å². The van der Waals surface area contributed by atoms with Crippen molar-refractivity contribution in [2.75, 3.05) is 12.0 Å². The summed E-state index contributed by atoms with van der Waals surface area (Å²) in [6.45, 7) is 0. The summed E-state index contributed by atoms with van der Waals surface area (Å²) in [5.41, 5.74) is 2.14. The first-order valence-corrected chi connectivity index (χ1v) is 8.48. The highest BCUT2D eigenvalue weighted by atomic mass is 35.5. The van der Waals surface area contributed by atoms with Crippen LogP contribution in [0.1, 0.15) is 17.2 Å². The molecule has 1 heterocycles. The SMILES string of the molecule is CSCC(=O)N[C@@H](c1ccc(Cl)cc1)c1ccsc1. The number of hydrogen-bond acceptors (Lipinski definition) is 3. The molecule has 1 atom stereocenters. The molecule has 0 unspecified atom stereocenters. The van der Waals surface area contributed by atoms with E-state index in [1.54, 1.807) is 11.3 Å². The number of carbonyl (C=O) groups is 1. The molecule has 2 nitrogen and oxygen atoms in total. The smallest absolute Gasteiger partial charge is 0.230 e. The van der Waals surface area contributed by atoms with E-state index >= 15 is 0 Å². The van der Waals surface area contributed by atoms with E-state index in [0.717, 1.165) is 11.1 Å². The molecular weight excluding hydrogens is 298 g/mol. The van der Waals surface area contributed by atoms with Gasteiger partial charge in [-0.05, 0) is 46.3 Å². The maximum absolute atomic E-state index is 11.8. The molecule has 0 aliphatic rings. The monoisotopic (exact) mass is 311 g/mol. The van der Waals surface area contributed by atoms with Crippen molar-refractivity contribution in [3.8, 4) is 0 Å². The quantitative estimate of drug-likeness (QED) is 0.905. The highest BCUT2D eigenvalue weighted by molar-refractivity contribution is 7.99. The lowest BCUT2D eigenvalue weighted by Crippen LogP contribution is -2.30. The van der Waals surface area contributed by atoms with Gasteiger partial charge in [0.1, 0.15) is 0 Å². The molecule has 2 aromatic rings. The van der Waals surface area contributed by atoms with Crippen LogP contribution in [0.3, 0.4) is 0 Å². The van der Waals surface area contributed by atoms with Gasteiger partial charge in [0.25, 0.3) is 0 Å². The van der Waals surface area contributed by atoms with Gasteiger partial charge in [0.2, 0.25) is 5.91 Å². The van der Waals surface area contributed by atoms with Crippen molar-refractivity contribution in [1.29, 1.82) is 0 Å². The average Bonchev–Trinajstić information content (AvgIpc) is 2.91. The predicted molar refractivity (Wildman–Crippen MR) is 84.1 cm³/mol. The summed E-state index contributed by atoms with van der Waals surface area (Å²) in [5.74, 6) is 0.507. The van der Waals surface area contributed by atoms with Crippen molar-refractivity contribution < 1.29 is 4.79 Å². The molecule has 0 bridgehead atoms. The second-order valence-electron chi connectivity index (χ2n) is 4.04. The van der Waals surface area contributed by atoms with Crippen molar-refractivity contribution in [1.82, 2.24) is 5.32 Å². The summed E-state index contributed by atoms with van der Waals surface area (Å²) >= 11 is 9.05. The molecule has 2 rings (SSSR count). The minimum atomic E-state index is -0.108. The molecular formula is C14H14ClNOS2. The topological polar surface area (TPSA) is 29.1 Å². The van der Waals surface area contributed by atoms with E-state index < -0.39 is 0 Å². The Balaban J connectivity index is 2.24. The number of halogens is 1. The number of thioether (sulfide) groups is 1. The summed E-state index contributed by atoms with van der Waals surface area (Å²) in [6.07, 6.45) is 1.92. The Morgan fingerprint density at radius 2 is 2.05 bits per heavy atom. The van der Waals surface area contributed by atoms with Crippen LogP contribution < -0.4 is 5.32 Å². The van der Waals surface area contributed by atoms with E-state index in [1.807, 2.05) is 42.0 Å². The summed E-state index contributed by atoms with van der Waals surface area (Å²) in [4.78, 5) is 11.8. The van der Waals surface area contributed by atoms with Crippen molar-refractivity contribution in [3.05, 3.63) is 57.2 Å². The Morgan fingerprint density at radius 1 is 1.32 bits per heavy atom. The molecule has 1 aromatic carbocycles. The van der Waals surface area contributed by atoms with Gasteiger partial charge in [-0.25, -0.2) is 0 Å². The van der Waals surface area contributed by atoms with Gasteiger partial charge in [0.15, 0.2) is 0 Å². The summed E-state index contributed by atoms with van der Waals surface area (Å²) in [5, 5.41) is 7.82. The van der Waals surface area contributed by atoms with Gasteiger partial charge in [0.05, 0.1) is 11.8 Å². The number of thiophene rings is 1. The first-order valence-electron chi connectivity index (χ1n) is 5.76. The molecule has 0 fully saturated rings. The van der Waals surface area contributed by atoms with Crippen LogP contribution in [0.2, 0.25) is 5.02 Å². The van der Waals surface area contributed by atoms with E-state index in [2.05, 4.69) is 10.7 Å². The maximum atomic E-state index is 11.8. The third-order valence-corrected chi connectivity index (χ3v) is 4.16. The zero-order valence-electron chi connectivity index (χ0n) is 10.4. The van der Waals surface area contributed by atoms with Gasteiger partial charge in [0, 0.05) is 5.02 Å². The van der Waals surface area contributed by atoms with Crippen LogP contribution >= 0.6 is 34.7 Å². The van der Waals surface area contributed by atoms with E-state index in [1.165, 1.54) is 11.8 Å². The fourth-order valence-electron chi connectivity index (χ4n) is 1.79. The first kappa shape index (κ1) is 14.4. The number of nitrogens with one attached hydrogen (secondary N) is 1. The highest BCUT2D eigenvalue weighted by Gasteiger charge is 2.16. The number of rotatable bonds is 5. The van der Waals surface area contributed by atoms with E-state index in [4.69, 9.17) is 11.6 Å². The van der Waals surface area contributed by atoms with Gasteiger partial charge in [-0.1, -0.05) is 23.7 Å². The van der Waals surface area contributed by atoms with Crippen LogP contribution in [-0.4, -0.2) is 17.9 Å². The Labute approximate surface area is 126 Å². The Hall–Kier alpha value is -0.970. The predicted octanol–water partition coefficient (Wildman–Crippen LogP) is 3.97. The van der Waals surface area contributed by atoms with E-state index in [0.29, 0.717) is 10.8 Å². The highest BCUT2D eigenvalue weighted by Crippen LogP contribution is 2.25. The summed E-state index contributed by atoms with van der Waals surface area (Å²) < 4.78 is 0. The normalized spacial score (nSPS) is 12.1. The summed E-state index contributed by atoms with van der Waals surface area (Å²) in [6, 6.07) is 9.51. The van der Waals surface area contributed by atoms with Crippen molar-refractivity contribution >= 4 is 40.6 Å². The molecule has 0 aliphatic heterocycles. The third-order valence-electron chi connectivity index (χ3n) is 2.66. The van der Waals surface area contributed by atoms with Crippen molar-refractivity contribution in [2.24, 2.45) is 0 Å². The maximum Gasteiger partial charge on any atom is 0.230 e. The molecule has 1 N–H and O–H groups in total. The van der Waals surface area contributed by atoms with E-state index in [9.17, 15) is 4.79 Å². The van der Waals surface area contributed by atoms with Crippen LogP contribution in [0.5, 0.6) is 0 Å². The van der Waals surface area contributed by atoms with Crippen LogP contribution in [-0.2, 0) is 4.79 Å². The van der Waals surface area contributed by atoms with Crippen LogP contribution in [0, 0.1) is 0 Å². The van der Waals surface area contributed by atoms with Gasteiger partial charge >= 0.3 is 0 Å². The van der Waals surface area contributed by atoms with Crippen LogP contribution in [0.25, 0.3) is 0 Å². The molecule has 0 spiro atoms. The minimum Gasteiger partial charge on any atom is -0.344 e. The Kier molecular flexibility index (Phi) is 5.31. The lowest BCUT2D eigenvalue weighted by molar-refractivity contribution is -0.119. The van der Waals surface area contributed by atoms with Gasteiger partial charge in [-0.3, -0.25) is 4.79 Å². The lowest BCUT2D eigenvalue weighted by Gasteiger charge is -2.18. The molecule has 5 heteroatoms. The van der Waals surface area contributed by atoms with E-state index in [-0.39, 0.29) is 11.9 Å². The Morgan fingerprint density at radius 3 is 2.63 bits per heavy atom. The van der Waals surface area contributed by atoms with Crippen LogP contribution in [0.4, 0.5) is 0 Å². The Bertz CT molecular complexity index is 525. The molecule has 1 aromatic heterocycles. The van der Waals surface area contributed by atoms with Crippen molar-refractivity contribution in [3.63, 3.8) is 0 Å². The molecule has 1 amide bonds. The standard InChI is InChI=1S/C14H14ClNOS2/c1-18-9-13(17)16-14(11-6-7-19-8-11)10-2-4-12(15)5-3-10/h2-8,14H,9H2,1H3,(H,16,17)/t14-/m0/s1. The molecule has 0 aliphatic carbocycles. The number of benzene rings is 1. The second kappa shape index (κ2) is 6.98. The summed E-state index contributed by atoms with van der Waals surface area (Å²) in [7, 11) is 0. The van der Waals surface area contributed by atoms with Gasteiger partial charge in [-0.2, -0.15) is 23.1 Å². The number of carbonyl (C=O) groups excluding carboxylic acids is 1. The zero-order valence-corrected chi connectivity index (χ0v) is 12.8. The fourth-order valence-corrected chi connectivity index (χ4v) is 2.94. The number of amides is 1. The lowest BCUT2D eigenvalue weighted by atomic mass is 10.0. The third kappa shape index (κ3) is 4.00. The van der Waals surface area contributed by atoms with Crippen LogP contribution in [0.15, 0.2) is 41.1 Å². The largest absolute Gasteiger partial charge is 0.344 e. The molecule has 0 saturated heterocycles. The molecule has 19 heavy (non-hydrogen) atoms. The van der Waals surface area contributed by atoms with Crippen molar-refractivity contribution in [2.45, 2.75) is 6.04 Å².